The van der Waals surface area contributed by atoms with E-state index in [2.05, 4.69) is 20.9 Å². The fourth-order valence-electron chi connectivity index (χ4n) is 5.69. The summed E-state index contributed by atoms with van der Waals surface area (Å²) in [4.78, 5) is 43.6. The summed E-state index contributed by atoms with van der Waals surface area (Å²) in [5.41, 5.74) is 2.19. The van der Waals surface area contributed by atoms with Gasteiger partial charge < -0.3 is 14.9 Å². The summed E-state index contributed by atoms with van der Waals surface area (Å²) in [6.45, 7) is 12.3. The first-order valence-electron chi connectivity index (χ1n) is 14.1. The van der Waals surface area contributed by atoms with Crippen molar-refractivity contribution in [2.75, 3.05) is 18.0 Å². The zero-order valence-corrected chi connectivity index (χ0v) is 27.1. The van der Waals surface area contributed by atoms with Gasteiger partial charge in [0.2, 0.25) is 0 Å². The van der Waals surface area contributed by atoms with E-state index in [0.717, 1.165) is 5.56 Å². The van der Waals surface area contributed by atoms with Crippen LogP contribution in [-0.4, -0.2) is 60.8 Å². The zero-order chi connectivity index (χ0) is 31.3. The Labute approximate surface area is 262 Å². The van der Waals surface area contributed by atoms with Crippen molar-refractivity contribution in [2.45, 2.75) is 65.5 Å². The van der Waals surface area contributed by atoms with Gasteiger partial charge in [0.15, 0.2) is 5.65 Å². The fourth-order valence-corrected chi connectivity index (χ4v) is 6.38. The van der Waals surface area contributed by atoms with Gasteiger partial charge in [-0.15, -0.1) is 0 Å². The summed E-state index contributed by atoms with van der Waals surface area (Å²) in [6, 6.07) is 9.11. The summed E-state index contributed by atoms with van der Waals surface area (Å²) in [7, 11) is 0. The van der Waals surface area contributed by atoms with Crippen molar-refractivity contribution in [3.63, 3.8) is 0 Å². The lowest BCUT2D eigenvalue weighted by Crippen LogP contribution is -2.58. The van der Waals surface area contributed by atoms with Crippen LogP contribution in [0, 0.1) is 5.82 Å². The Morgan fingerprint density at radius 1 is 1.05 bits per heavy atom. The fraction of sp³-hybridized carbons (Fsp3) is 0.387. The highest BCUT2D eigenvalue weighted by molar-refractivity contribution is 9.10. The lowest BCUT2D eigenvalue weighted by molar-refractivity contribution is 0.114. The maximum Gasteiger partial charge on any atom is 0.407 e. The molecule has 1 fully saturated rings. The third kappa shape index (κ3) is 5.60. The molecule has 0 aliphatic carbocycles. The van der Waals surface area contributed by atoms with Crippen LogP contribution in [0.25, 0.3) is 28.0 Å². The molecule has 0 spiro atoms. The number of piperazine rings is 1. The Kier molecular flexibility index (Phi) is 8.50. The SMILES string of the molecule is CC(C)c1cc(Br)nc(C(C)C)c1-n1c(=O)nc(N2C[C@@H](C)N(C(=O)O)C[C@@H]2C)c2cc(Cl)c(-c3ccccc3F)nc21. The lowest BCUT2D eigenvalue weighted by Gasteiger charge is -2.43. The summed E-state index contributed by atoms with van der Waals surface area (Å²) >= 11 is 10.3. The first kappa shape index (κ1) is 30.9. The van der Waals surface area contributed by atoms with Crippen molar-refractivity contribution in [1.82, 2.24) is 24.4 Å². The summed E-state index contributed by atoms with van der Waals surface area (Å²) in [5.74, 6) is -0.202. The van der Waals surface area contributed by atoms with Crippen LogP contribution in [0.15, 0.2) is 45.8 Å². The van der Waals surface area contributed by atoms with E-state index < -0.39 is 17.6 Å². The van der Waals surface area contributed by atoms with Crippen molar-refractivity contribution in [3.8, 4) is 16.9 Å². The smallest absolute Gasteiger partial charge is 0.407 e. The number of pyridine rings is 2. The second-order valence-corrected chi connectivity index (χ2v) is 12.8. The standard InChI is InChI=1S/C31H33BrClFN6O3/c1-15(2)20-12-24(32)35-25(16(3)4)27(20)40-29-21(11-22(33)26(36-29)19-9-7-8-10-23(19)34)28(37-30(40)41)38-13-18(6)39(31(42)43)14-17(38)5/h7-12,15-18H,13-14H2,1-6H3,(H,42,43)/t17-,18+/m0/s1. The third-order valence-corrected chi connectivity index (χ3v) is 8.54. The number of hydrogen-bond donors (Lipinski definition) is 1. The highest BCUT2D eigenvalue weighted by atomic mass is 79.9. The minimum Gasteiger partial charge on any atom is -0.465 e. The van der Waals surface area contributed by atoms with Crippen molar-refractivity contribution in [2.24, 2.45) is 0 Å². The van der Waals surface area contributed by atoms with Crippen molar-refractivity contribution >= 4 is 50.5 Å². The third-order valence-electron chi connectivity index (χ3n) is 7.84. The number of nitrogens with zero attached hydrogens (tertiary/aromatic N) is 6. The van der Waals surface area contributed by atoms with E-state index in [9.17, 15) is 14.7 Å². The number of halogens is 3. The Morgan fingerprint density at radius 3 is 2.37 bits per heavy atom. The van der Waals surface area contributed by atoms with Gasteiger partial charge in [-0.25, -0.2) is 28.5 Å². The van der Waals surface area contributed by atoms with E-state index in [1.54, 1.807) is 24.3 Å². The molecule has 4 heterocycles. The van der Waals surface area contributed by atoms with Gasteiger partial charge in [-0.05, 0) is 71.4 Å². The number of rotatable bonds is 5. The van der Waals surface area contributed by atoms with Gasteiger partial charge >= 0.3 is 11.8 Å². The van der Waals surface area contributed by atoms with Gasteiger partial charge in [-0.2, -0.15) is 4.98 Å². The van der Waals surface area contributed by atoms with E-state index in [1.165, 1.54) is 15.5 Å². The van der Waals surface area contributed by atoms with Gasteiger partial charge in [-0.3, -0.25) is 0 Å². The molecular formula is C31H33BrClFN6O3. The molecule has 5 rings (SSSR count). The highest BCUT2D eigenvalue weighted by Crippen LogP contribution is 2.38. The molecule has 9 nitrogen and oxygen atoms in total. The predicted molar refractivity (Wildman–Crippen MR) is 170 cm³/mol. The molecule has 1 aliphatic heterocycles. The molecule has 0 bridgehead atoms. The number of aromatic nitrogens is 4. The number of hydrogen-bond acceptors (Lipinski definition) is 6. The molecule has 0 saturated carbocycles. The Balaban J connectivity index is 1.89. The van der Waals surface area contributed by atoms with Crippen LogP contribution in [0.1, 0.15) is 64.6 Å². The van der Waals surface area contributed by atoms with Crippen LogP contribution in [0.5, 0.6) is 0 Å². The van der Waals surface area contributed by atoms with E-state index in [0.29, 0.717) is 33.7 Å². The molecule has 0 unspecified atom stereocenters. The molecule has 1 aliphatic rings. The molecule has 12 heteroatoms. The van der Waals surface area contributed by atoms with Crippen LogP contribution in [-0.2, 0) is 0 Å². The number of carboxylic acid groups (broad SMARTS) is 1. The number of amides is 1. The quantitative estimate of drug-likeness (QED) is 0.224. The molecular weight excluding hydrogens is 639 g/mol. The summed E-state index contributed by atoms with van der Waals surface area (Å²) in [6.07, 6.45) is -1.00. The van der Waals surface area contributed by atoms with Crippen molar-refractivity contribution in [1.29, 1.82) is 0 Å². The minimum absolute atomic E-state index is 0.0109. The molecule has 4 aromatic rings. The number of carbonyl (C=O) groups is 1. The molecule has 0 radical (unpaired) electrons. The van der Waals surface area contributed by atoms with E-state index in [4.69, 9.17) is 21.6 Å². The maximum absolute atomic E-state index is 15.1. The monoisotopic (exact) mass is 670 g/mol. The minimum atomic E-state index is -1.00. The van der Waals surface area contributed by atoms with Crippen LogP contribution < -0.4 is 10.6 Å². The van der Waals surface area contributed by atoms with Crippen LogP contribution >= 0.6 is 27.5 Å². The predicted octanol–water partition coefficient (Wildman–Crippen LogP) is 7.22. The average Bonchev–Trinajstić information content (AvgIpc) is 2.93. The molecule has 1 saturated heterocycles. The van der Waals surface area contributed by atoms with Gasteiger partial charge in [0.25, 0.3) is 0 Å². The summed E-state index contributed by atoms with van der Waals surface area (Å²) < 4.78 is 17.2. The van der Waals surface area contributed by atoms with E-state index in [1.807, 2.05) is 52.5 Å². The topological polar surface area (TPSA) is 104 Å². The first-order valence-corrected chi connectivity index (χ1v) is 15.3. The molecule has 2 atom stereocenters. The lowest BCUT2D eigenvalue weighted by atomic mass is 9.97. The zero-order valence-electron chi connectivity index (χ0n) is 24.8. The molecule has 1 aromatic carbocycles. The van der Waals surface area contributed by atoms with Gasteiger partial charge in [0, 0.05) is 30.7 Å². The molecule has 3 aromatic heterocycles. The van der Waals surface area contributed by atoms with Gasteiger partial charge in [0.1, 0.15) is 16.2 Å². The number of fused-ring (bicyclic) bond motifs is 1. The van der Waals surface area contributed by atoms with Gasteiger partial charge in [-0.1, -0.05) is 51.4 Å². The number of anilines is 1. The second-order valence-electron chi connectivity index (χ2n) is 11.6. The summed E-state index contributed by atoms with van der Waals surface area (Å²) in [5, 5.41) is 10.4. The maximum atomic E-state index is 15.1. The second kappa shape index (κ2) is 11.8. The van der Waals surface area contributed by atoms with Crippen molar-refractivity contribution < 1.29 is 14.3 Å². The Morgan fingerprint density at radius 2 is 1.74 bits per heavy atom. The van der Waals surface area contributed by atoms with Gasteiger partial charge in [0.05, 0.1) is 27.5 Å². The Hall–Kier alpha value is -3.57. The van der Waals surface area contributed by atoms with Crippen LogP contribution in [0.2, 0.25) is 5.02 Å². The van der Waals surface area contributed by atoms with E-state index in [-0.39, 0.29) is 52.4 Å². The van der Waals surface area contributed by atoms with Crippen LogP contribution in [0.3, 0.4) is 0 Å². The number of benzene rings is 1. The first-order chi connectivity index (χ1) is 20.3. The molecule has 226 valence electrons. The molecule has 43 heavy (non-hydrogen) atoms. The highest BCUT2D eigenvalue weighted by Gasteiger charge is 2.35. The van der Waals surface area contributed by atoms with Crippen LogP contribution in [0.4, 0.5) is 15.0 Å². The molecule has 1 amide bonds. The largest absolute Gasteiger partial charge is 0.465 e. The van der Waals surface area contributed by atoms with E-state index >= 15 is 4.39 Å². The molecule has 1 N–H and O–H groups in total. The van der Waals surface area contributed by atoms with Crippen molar-refractivity contribution in [3.05, 3.63) is 73.6 Å². The normalized spacial score (nSPS) is 17.4. The Bertz CT molecular complexity index is 1770. The average molecular weight is 672 g/mol.